The van der Waals surface area contributed by atoms with Gasteiger partial charge in [-0.1, -0.05) is 29.8 Å². The fourth-order valence-corrected chi connectivity index (χ4v) is 2.37. The molecule has 84 valence electrons. The predicted octanol–water partition coefficient (Wildman–Crippen LogP) is 2.34. The zero-order valence-electron chi connectivity index (χ0n) is 8.70. The fraction of sp³-hybridized carbons (Fsp3) is 0.400. The number of hydrogen-bond donors (Lipinski definition) is 1. The van der Waals surface area contributed by atoms with E-state index in [0.29, 0.717) is 5.02 Å². The minimum atomic E-state index is -3.19. The van der Waals surface area contributed by atoms with Crippen LogP contribution in [0.5, 0.6) is 0 Å². The van der Waals surface area contributed by atoms with Gasteiger partial charge in [0.1, 0.15) is 0 Å². The highest BCUT2D eigenvalue weighted by molar-refractivity contribution is 7.89. The normalized spacial score (nSPS) is 13.8. The number of hydrogen-bond acceptors (Lipinski definition) is 2. The Morgan fingerprint density at radius 1 is 1.40 bits per heavy atom. The molecule has 1 aromatic rings. The SMILES string of the molecule is CCS(=O)(=O)NC(C)c1ccccc1Cl. The molecule has 1 rings (SSSR count). The molecule has 3 nitrogen and oxygen atoms in total. The van der Waals surface area contributed by atoms with Crippen LogP contribution < -0.4 is 4.72 Å². The van der Waals surface area contributed by atoms with Gasteiger partial charge >= 0.3 is 0 Å². The molecule has 5 heteroatoms. The van der Waals surface area contributed by atoms with Crippen molar-refractivity contribution in [2.75, 3.05) is 5.75 Å². The highest BCUT2D eigenvalue weighted by Gasteiger charge is 2.15. The van der Waals surface area contributed by atoms with Crippen molar-refractivity contribution in [1.82, 2.24) is 4.72 Å². The summed E-state index contributed by atoms with van der Waals surface area (Å²) in [5, 5.41) is 0.573. The molecule has 0 amide bonds. The van der Waals surface area contributed by atoms with Crippen LogP contribution in [0.4, 0.5) is 0 Å². The van der Waals surface area contributed by atoms with Gasteiger partial charge in [0.05, 0.1) is 5.75 Å². The summed E-state index contributed by atoms with van der Waals surface area (Å²) >= 11 is 5.96. The third kappa shape index (κ3) is 3.48. The summed E-state index contributed by atoms with van der Waals surface area (Å²) in [4.78, 5) is 0. The Labute approximate surface area is 95.5 Å². The molecule has 0 aliphatic heterocycles. The predicted molar refractivity (Wildman–Crippen MR) is 62.5 cm³/mol. The number of halogens is 1. The zero-order valence-corrected chi connectivity index (χ0v) is 10.3. The Bertz CT molecular complexity index is 431. The number of nitrogens with one attached hydrogen (secondary N) is 1. The molecule has 0 spiro atoms. The maximum atomic E-state index is 11.3. The number of rotatable bonds is 4. The first kappa shape index (κ1) is 12.5. The minimum Gasteiger partial charge on any atom is -0.212 e. The fourth-order valence-electron chi connectivity index (χ4n) is 1.24. The van der Waals surface area contributed by atoms with Gasteiger partial charge in [0.15, 0.2) is 0 Å². The topological polar surface area (TPSA) is 46.2 Å². The standard InChI is InChI=1S/C10H14ClNO2S/c1-3-15(13,14)12-8(2)9-6-4-5-7-10(9)11/h4-8,12H,3H2,1-2H3. The molecule has 0 fully saturated rings. The average molecular weight is 248 g/mol. The third-order valence-electron chi connectivity index (χ3n) is 2.11. The number of sulfonamides is 1. The largest absolute Gasteiger partial charge is 0.212 e. The van der Waals surface area contributed by atoms with Gasteiger partial charge < -0.3 is 0 Å². The first-order valence-corrected chi connectivity index (χ1v) is 6.73. The summed E-state index contributed by atoms with van der Waals surface area (Å²) in [5.74, 6) is 0.0712. The van der Waals surface area contributed by atoms with E-state index in [4.69, 9.17) is 11.6 Å². The van der Waals surface area contributed by atoms with Gasteiger partial charge in [-0.2, -0.15) is 0 Å². The lowest BCUT2D eigenvalue weighted by Gasteiger charge is -2.14. The van der Waals surface area contributed by atoms with Crippen molar-refractivity contribution in [3.05, 3.63) is 34.9 Å². The summed E-state index contributed by atoms with van der Waals surface area (Å²) in [6.07, 6.45) is 0. The monoisotopic (exact) mass is 247 g/mol. The second kappa shape index (κ2) is 4.96. The van der Waals surface area contributed by atoms with Crippen molar-refractivity contribution in [2.45, 2.75) is 19.9 Å². The molecule has 0 aliphatic rings. The summed E-state index contributed by atoms with van der Waals surface area (Å²) in [6, 6.07) is 6.90. The molecule has 0 aromatic heterocycles. The summed E-state index contributed by atoms with van der Waals surface area (Å²) in [7, 11) is -3.19. The van der Waals surface area contributed by atoms with Crippen LogP contribution in [0.15, 0.2) is 24.3 Å². The van der Waals surface area contributed by atoms with E-state index in [1.807, 2.05) is 18.2 Å². The van der Waals surface area contributed by atoms with Gasteiger partial charge in [-0.05, 0) is 25.5 Å². The first-order chi connectivity index (χ1) is 6.96. The second-order valence-corrected chi connectivity index (χ2v) is 5.71. The Balaban J connectivity index is 2.87. The van der Waals surface area contributed by atoms with Crippen molar-refractivity contribution in [1.29, 1.82) is 0 Å². The van der Waals surface area contributed by atoms with Crippen molar-refractivity contribution in [2.24, 2.45) is 0 Å². The zero-order chi connectivity index (χ0) is 11.5. The Kier molecular flexibility index (Phi) is 4.13. The van der Waals surface area contributed by atoms with E-state index in [1.165, 1.54) is 0 Å². The quantitative estimate of drug-likeness (QED) is 0.888. The molecule has 15 heavy (non-hydrogen) atoms. The van der Waals surface area contributed by atoms with Crippen LogP contribution in [0.3, 0.4) is 0 Å². The molecule has 0 radical (unpaired) electrons. The summed E-state index contributed by atoms with van der Waals surface area (Å²) < 4.78 is 25.2. The molecular formula is C10H14ClNO2S. The maximum Gasteiger partial charge on any atom is 0.211 e. The van der Waals surface area contributed by atoms with Crippen LogP contribution in [0.25, 0.3) is 0 Å². The molecule has 0 saturated heterocycles. The Morgan fingerprint density at radius 2 is 2.00 bits per heavy atom. The molecule has 0 bridgehead atoms. The van der Waals surface area contributed by atoms with Crippen LogP contribution in [-0.4, -0.2) is 14.2 Å². The van der Waals surface area contributed by atoms with Crippen molar-refractivity contribution >= 4 is 21.6 Å². The number of benzene rings is 1. The summed E-state index contributed by atoms with van der Waals surface area (Å²) in [6.45, 7) is 3.37. The van der Waals surface area contributed by atoms with Gasteiger partial charge in [-0.25, -0.2) is 13.1 Å². The highest BCUT2D eigenvalue weighted by Crippen LogP contribution is 2.22. The molecule has 0 aliphatic carbocycles. The van der Waals surface area contributed by atoms with E-state index in [9.17, 15) is 8.42 Å². The van der Waals surface area contributed by atoms with Crippen LogP contribution in [-0.2, 0) is 10.0 Å². The molecular weight excluding hydrogens is 234 g/mol. The van der Waals surface area contributed by atoms with Gasteiger partial charge in [0.25, 0.3) is 0 Å². The van der Waals surface area contributed by atoms with Crippen molar-refractivity contribution < 1.29 is 8.42 Å². The lowest BCUT2D eigenvalue weighted by molar-refractivity contribution is 0.568. The maximum absolute atomic E-state index is 11.3. The summed E-state index contributed by atoms with van der Waals surface area (Å²) in [5.41, 5.74) is 0.788. The molecule has 1 unspecified atom stereocenters. The van der Waals surface area contributed by atoms with Crippen molar-refractivity contribution in [3.63, 3.8) is 0 Å². The van der Waals surface area contributed by atoms with E-state index in [-0.39, 0.29) is 11.8 Å². The molecule has 1 aromatic carbocycles. The van der Waals surface area contributed by atoms with Crippen molar-refractivity contribution in [3.8, 4) is 0 Å². The Morgan fingerprint density at radius 3 is 2.53 bits per heavy atom. The van der Waals surface area contributed by atoms with E-state index in [1.54, 1.807) is 19.9 Å². The highest BCUT2D eigenvalue weighted by atomic mass is 35.5. The average Bonchev–Trinajstić information content (AvgIpc) is 2.17. The smallest absolute Gasteiger partial charge is 0.211 e. The third-order valence-corrected chi connectivity index (χ3v) is 3.93. The van der Waals surface area contributed by atoms with Crippen LogP contribution >= 0.6 is 11.6 Å². The molecule has 0 heterocycles. The van der Waals surface area contributed by atoms with Gasteiger partial charge in [0, 0.05) is 11.1 Å². The first-order valence-electron chi connectivity index (χ1n) is 4.70. The molecule has 1 atom stereocenters. The lowest BCUT2D eigenvalue weighted by atomic mass is 10.1. The minimum absolute atomic E-state index is 0.0712. The Hall–Kier alpha value is -0.580. The van der Waals surface area contributed by atoms with E-state index < -0.39 is 10.0 Å². The van der Waals surface area contributed by atoms with Crippen LogP contribution in [0.1, 0.15) is 25.5 Å². The van der Waals surface area contributed by atoms with Gasteiger partial charge in [-0.15, -0.1) is 0 Å². The molecule has 0 saturated carbocycles. The van der Waals surface area contributed by atoms with E-state index in [0.717, 1.165) is 5.56 Å². The van der Waals surface area contributed by atoms with E-state index >= 15 is 0 Å². The van der Waals surface area contributed by atoms with Crippen LogP contribution in [0.2, 0.25) is 5.02 Å². The molecule has 1 N–H and O–H groups in total. The second-order valence-electron chi connectivity index (χ2n) is 3.26. The lowest BCUT2D eigenvalue weighted by Crippen LogP contribution is -2.28. The van der Waals surface area contributed by atoms with E-state index in [2.05, 4.69) is 4.72 Å². The van der Waals surface area contributed by atoms with Crippen LogP contribution in [0, 0.1) is 0 Å². The van der Waals surface area contributed by atoms with Gasteiger partial charge in [-0.3, -0.25) is 0 Å². The van der Waals surface area contributed by atoms with Gasteiger partial charge in [0.2, 0.25) is 10.0 Å².